The molecule has 0 saturated heterocycles. The van der Waals surface area contributed by atoms with E-state index >= 15 is 0 Å². The first kappa shape index (κ1) is 15.1. The normalized spacial score (nSPS) is 11.2. The number of rotatable bonds is 3. The van der Waals surface area contributed by atoms with E-state index in [0.29, 0.717) is 21.0 Å². The predicted octanol–water partition coefficient (Wildman–Crippen LogP) is 5.22. The average Bonchev–Trinajstić information content (AvgIpc) is 2.79. The van der Waals surface area contributed by atoms with Crippen molar-refractivity contribution in [2.24, 2.45) is 0 Å². The fraction of sp³-hybridized carbons (Fsp3) is 0.133. The van der Waals surface area contributed by atoms with E-state index in [-0.39, 0.29) is 11.7 Å². The predicted molar refractivity (Wildman–Crippen MR) is 92.5 cm³/mol. The standard InChI is InChI=1S/C15H10Cl2FIN2/c16-7-15-20-13-6-12(19)11(18)5-14(13)21(15)8-9-3-1-2-4-10(9)17/h1-6H,7-8H2. The Balaban J connectivity index is 2.16. The monoisotopic (exact) mass is 434 g/mol. The van der Waals surface area contributed by atoms with Crippen LogP contribution in [-0.2, 0) is 12.4 Å². The second kappa shape index (κ2) is 6.10. The molecule has 0 atom stereocenters. The van der Waals surface area contributed by atoms with Gasteiger partial charge in [0.25, 0.3) is 0 Å². The van der Waals surface area contributed by atoms with E-state index in [1.165, 1.54) is 6.07 Å². The summed E-state index contributed by atoms with van der Waals surface area (Å²) in [5.74, 6) is 0.703. The van der Waals surface area contributed by atoms with Crippen molar-refractivity contribution in [2.75, 3.05) is 0 Å². The van der Waals surface area contributed by atoms with Gasteiger partial charge < -0.3 is 4.57 Å². The number of alkyl halides is 1. The Morgan fingerprint density at radius 3 is 2.71 bits per heavy atom. The Hall–Kier alpha value is -0.850. The maximum Gasteiger partial charge on any atom is 0.138 e. The number of imidazole rings is 1. The smallest absolute Gasteiger partial charge is 0.138 e. The van der Waals surface area contributed by atoms with Crippen molar-refractivity contribution in [1.82, 2.24) is 9.55 Å². The highest BCUT2D eigenvalue weighted by molar-refractivity contribution is 14.1. The number of aromatic nitrogens is 2. The van der Waals surface area contributed by atoms with Crippen molar-refractivity contribution < 1.29 is 4.39 Å². The van der Waals surface area contributed by atoms with Crippen molar-refractivity contribution in [1.29, 1.82) is 0 Å². The van der Waals surface area contributed by atoms with Crippen molar-refractivity contribution in [2.45, 2.75) is 12.4 Å². The fourth-order valence-corrected chi connectivity index (χ4v) is 3.10. The second-order valence-corrected chi connectivity index (χ2v) is 6.43. The Morgan fingerprint density at radius 2 is 2.00 bits per heavy atom. The molecule has 2 aromatic carbocycles. The minimum atomic E-state index is -0.260. The van der Waals surface area contributed by atoms with Crippen LogP contribution in [0.5, 0.6) is 0 Å². The molecular formula is C15H10Cl2FIN2. The van der Waals surface area contributed by atoms with Crippen LogP contribution < -0.4 is 0 Å². The molecule has 0 radical (unpaired) electrons. The van der Waals surface area contributed by atoms with Gasteiger partial charge in [0, 0.05) is 11.1 Å². The number of nitrogens with zero attached hydrogens (tertiary/aromatic N) is 2. The van der Waals surface area contributed by atoms with Crippen molar-refractivity contribution in [3.05, 3.63) is 62.2 Å². The SMILES string of the molecule is Fc1cc2c(cc1I)nc(CCl)n2Cc1ccccc1Cl. The fourth-order valence-electron chi connectivity index (χ4n) is 2.25. The molecule has 6 heteroatoms. The lowest BCUT2D eigenvalue weighted by atomic mass is 10.2. The Bertz CT molecular complexity index is 817. The van der Waals surface area contributed by atoms with E-state index in [0.717, 1.165) is 16.6 Å². The first-order chi connectivity index (χ1) is 10.1. The van der Waals surface area contributed by atoms with Gasteiger partial charge in [-0.05, 0) is 40.3 Å². The molecule has 3 rings (SSSR count). The molecule has 0 amide bonds. The molecule has 0 aliphatic heterocycles. The molecule has 0 N–H and O–H groups in total. The van der Waals surface area contributed by atoms with Gasteiger partial charge in [0.05, 0.1) is 27.0 Å². The highest BCUT2D eigenvalue weighted by Gasteiger charge is 2.14. The van der Waals surface area contributed by atoms with Crippen LogP contribution in [0.4, 0.5) is 4.39 Å². The molecule has 0 unspecified atom stereocenters. The van der Waals surface area contributed by atoms with E-state index in [1.54, 1.807) is 6.07 Å². The van der Waals surface area contributed by atoms with Gasteiger partial charge in [0.15, 0.2) is 0 Å². The van der Waals surface area contributed by atoms with Crippen molar-refractivity contribution in [3.63, 3.8) is 0 Å². The minimum Gasteiger partial charge on any atom is -0.322 e. The first-order valence-electron chi connectivity index (χ1n) is 6.23. The highest BCUT2D eigenvalue weighted by Crippen LogP contribution is 2.25. The van der Waals surface area contributed by atoms with E-state index in [9.17, 15) is 4.39 Å². The molecule has 21 heavy (non-hydrogen) atoms. The molecule has 1 aromatic heterocycles. The molecule has 0 aliphatic carbocycles. The molecular weight excluding hydrogens is 425 g/mol. The van der Waals surface area contributed by atoms with Crippen LogP contribution in [0.25, 0.3) is 11.0 Å². The zero-order chi connectivity index (χ0) is 15.0. The number of hydrogen-bond acceptors (Lipinski definition) is 1. The third-order valence-corrected chi connectivity index (χ3v) is 4.71. The molecule has 1 heterocycles. The van der Waals surface area contributed by atoms with Gasteiger partial charge in [-0.2, -0.15) is 0 Å². The largest absolute Gasteiger partial charge is 0.322 e. The van der Waals surface area contributed by atoms with Crippen LogP contribution in [0.15, 0.2) is 36.4 Å². The molecule has 3 aromatic rings. The summed E-state index contributed by atoms with van der Waals surface area (Å²) in [5.41, 5.74) is 2.41. The Labute approximate surface area is 145 Å². The van der Waals surface area contributed by atoms with Crippen LogP contribution in [0.2, 0.25) is 5.02 Å². The molecule has 108 valence electrons. The summed E-state index contributed by atoms with van der Waals surface area (Å²) in [6.07, 6.45) is 0. The third kappa shape index (κ3) is 2.89. The highest BCUT2D eigenvalue weighted by atomic mass is 127. The molecule has 0 fully saturated rings. The van der Waals surface area contributed by atoms with Crippen LogP contribution in [0.1, 0.15) is 11.4 Å². The van der Waals surface area contributed by atoms with E-state index in [1.807, 2.05) is 51.4 Å². The van der Waals surface area contributed by atoms with E-state index in [2.05, 4.69) is 4.98 Å². The Kier molecular flexibility index (Phi) is 4.38. The summed E-state index contributed by atoms with van der Waals surface area (Å²) < 4.78 is 16.3. The van der Waals surface area contributed by atoms with E-state index in [4.69, 9.17) is 23.2 Å². The van der Waals surface area contributed by atoms with Gasteiger partial charge in [-0.15, -0.1) is 11.6 Å². The quantitative estimate of drug-likeness (QED) is 0.408. The van der Waals surface area contributed by atoms with Gasteiger partial charge in [-0.25, -0.2) is 9.37 Å². The van der Waals surface area contributed by atoms with Crippen molar-refractivity contribution in [3.8, 4) is 0 Å². The van der Waals surface area contributed by atoms with Gasteiger partial charge in [0.2, 0.25) is 0 Å². The zero-order valence-electron chi connectivity index (χ0n) is 10.8. The Morgan fingerprint density at radius 1 is 1.24 bits per heavy atom. The lowest BCUT2D eigenvalue weighted by molar-refractivity contribution is 0.621. The molecule has 0 aliphatic rings. The summed E-state index contributed by atoms with van der Waals surface area (Å²) >= 11 is 14.1. The van der Waals surface area contributed by atoms with Crippen molar-refractivity contribution >= 4 is 56.8 Å². The van der Waals surface area contributed by atoms with Crippen LogP contribution in [-0.4, -0.2) is 9.55 Å². The summed E-state index contributed by atoms with van der Waals surface area (Å²) in [5, 5.41) is 0.672. The maximum absolute atomic E-state index is 13.9. The first-order valence-corrected chi connectivity index (χ1v) is 8.23. The summed E-state index contributed by atoms with van der Waals surface area (Å²) in [6, 6.07) is 10.8. The lowest BCUT2D eigenvalue weighted by Crippen LogP contribution is -2.04. The number of benzene rings is 2. The lowest BCUT2D eigenvalue weighted by Gasteiger charge is -2.09. The van der Waals surface area contributed by atoms with Crippen LogP contribution >= 0.6 is 45.8 Å². The third-order valence-electron chi connectivity index (χ3n) is 3.28. The number of halogens is 4. The van der Waals surface area contributed by atoms with Gasteiger partial charge >= 0.3 is 0 Å². The topological polar surface area (TPSA) is 17.8 Å². The maximum atomic E-state index is 13.9. The van der Waals surface area contributed by atoms with E-state index < -0.39 is 0 Å². The number of fused-ring (bicyclic) bond motifs is 1. The van der Waals surface area contributed by atoms with Crippen LogP contribution in [0.3, 0.4) is 0 Å². The minimum absolute atomic E-state index is 0.260. The average molecular weight is 435 g/mol. The van der Waals surface area contributed by atoms with Gasteiger partial charge in [-0.1, -0.05) is 29.8 Å². The molecule has 2 nitrogen and oxygen atoms in total. The van der Waals surface area contributed by atoms with Gasteiger partial charge in [0.1, 0.15) is 11.6 Å². The van der Waals surface area contributed by atoms with Crippen LogP contribution in [0, 0.1) is 9.39 Å². The second-order valence-electron chi connectivity index (χ2n) is 4.59. The van der Waals surface area contributed by atoms with Gasteiger partial charge in [-0.3, -0.25) is 0 Å². The summed E-state index contributed by atoms with van der Waals surface area (Å²) in [4.78, 5) is 4.48. The zero-order valence-corrected chi connectivity index (χ0v) is 14.5. The molecule has 0 spiro atoms. The summed E-state index contributed by atoms with van der Waals surface area (Å²) in [6.45, 7) is 0.512. The summed E-state index contributed by atoms with van der Waals surface area (Å²) in [7, 11) is 0. The number of hydrogen-bond donors (Lipinski definition) is 0. The molecule has 0 bridgehead atoms. The molecule has 0 saturated carbocycles.